The molecule has 0 saturated carbocycles. The Bertz CT molecular complexity index is 467. The van der Waals surface area contributed by atoms with Crippen molar-refractivity contribution in [2.45, 2.75) is 12.6 Å². The van der Waals surface area contributed by atoms with Gasteiger partial charge >= 0.3 is 0 Å². The van der Waals surface area contributed by atoms with Crippen LogP contribution in [-0.2, 0) is 16.1 Å². The fraction of sp³-hybridized carbons (Fsp3) is 0.429. The third-order valence-corrected chi connectivity index (χ3v) is 3.15. The van der Waals surface area contributed by atoms with Gasteiger partial charge in [0.25, 0.3) is 5.91 Å². The summed E-state index contributed by atoms with van der Waals surface area (Å²) < 4.78 is 5.24. The standard InChI is InChI=1S/C14H19N3O3/c1-15-13(18)11-4-2-10(3-5-11)8-17-14(19)12-9-20-7-6-16-12/h2-5,12,16H,6-9H2,1H3,(H,15,18)(H,17,19). The van der Waals surface area contributed by atoms with Crippen molar-refractivity contribution in [1.82, 2.24) is 16.0 Å². The van der Waals surface area contributed by atoms with E-state index in [0.29, 0.717) is 31.9 Å². The van der Waals surface area contributed by atoms with Crippen LogP contribution in [0.15, 0.2) is 24.3 Å². The molecule has 0 aliphatic carbocycles. The first-order valence-corrected chi connectivity index (χ1v) is 6.60. The SMILES string of the molecule is CNC(=O)c1ccc(CNC(=O)C2COCCN2)cc1. The number of carbonyl (C=O) groups excluding carboxylic acids is 2. The van der Waals surface area contributed by atoms with Crippen LogP contribution < -0.4 is 16.0 Å². The lowest BCUT2D eigenvalue weighted by Gasteiger charge is -2.22. The second-order valence-corrected chi connectivity index (χ2v) is 4.58. The minimum atomic E-state index is -0.283. The topological polar surface area (TPSA) is 79.5 Å². The maximum atomic E-state index is 11.9. The van der Waals surface area contributed by atoms with Crippen LogP contribution in [0.1, 0.15) is 15.9 Å². The van der Waals surface area contributed by atoms with E-state index in [1.54, 1.807) is 19.2 Å². The lowest BCUT2D eigenvalue weighted by Crippen LogP contribution is -2.51. The van der Waals surface area contributed by atoms with Crippen molar-refractivity contribution < 1.29 is 14.3 Å². The molecule has 108 valence electrons. The Morgan fingerprint density at radius 3 is 2.70 bits per heavy atom. The molecular weight excluding hydrogens is 258 g/mol. The Balaban J connectivity index is 1.84. The highest BCUT2D eigenvalue weighted by Gasteiger charge is 2.20. The Labute approximate surface area is 117 Å². The number of hydrogen-bond donors (Lipinski definition) is 3. The molecule has 6 nitrogen and oxygen atoms in total. The minimum Gasteiger partial charge on any atom is -0.378 e. The number of rotatable bonds is 4. The number of ether oxygens (including phenoxy) is 1. The van der Waals surface area contributed by atoms with Gasteiger partial charge in [-0.2, -0.15) is 0 Å². The van der Waals surface area contributed by atoms with Crippen LogP contribution in [0.3, 0.4) is 0 Å². The predicted molar refractivity (Wildman–Crippen MR) is 74.3 cm³/mol. The number of nitrogens with one attached hydrogen (secondary N) is 3. The molecule has 6 heteroatoms. The van der Waals surface area contributed by atoms with Crippen LogP contribution in [0.2, 0.25) is 0 Å². The van der Waals surface area contributed by atoms with Crippen molar-refractivity contribution in [1.29, 1.82) is 0 Å². The van der Waals surface area contributed by atoms with Crippen LogP contribution in [0, 0.1) is 0 Å². The number of amides is 2. The normalized spacial score (nSPS) is 18.4. The van der Waals surface area contributed by atoms with Gasteiger partial charge in [0, 0.05) is 25.7 Å². The van der Waals surface area contributed by atoms with E-state index in [-0.39, 0.29) is 17.9 Å². The molecule has 1 aromatic rings. The van der Waals surface area contributed by atoms with E-state index in [1.165, 1.54) is 0 Å². The van der Waals surface area contributed by atoms with Gasteiger partial charge in [0.05, 0.1) is 13.2 Å². The van der Waals surface area contributed by atoms with E-state index in [0.717, 1.165) is 5.56 Å². The molecular formula is C14H19N3O3. The fourth-order valence-corrected chi connectivity index (χ4v) is 1.96. The van der Waals surface area contributed by atoms with Gasteiger partial charge in [0.15, 0.2) is 0 Å². The summed E-state index contributed by atoms with van der Waals surface area (Å²) in [6, 6.07) is 6.85. The van der Waals surface area contributed by atoms with E-state index < -0.39 is 0 Å². The molecule has 1 aromatic carbocycles. The number of hydrogen-bond acceptors (Lipinski definition) is 4. The van der Waals surface area contributed by atoms with E-state index in [1.807, 2.05) is 12.1 Å². The number of carbonyl (C=O) groups is 2. The van der Waals surface area contributed by atoms with Gasteiger partial charge in [0.1, 0.15) is 6.04 Å². The molecule has 1 heterocycles. The maximum absolute atomic E-state index is 11.9. The zero-order valence-electron chi connectivity index (χ0n) is 11.4. The quantitative estimate of drug-likeness (QED) is 0.703. The maximum Gasteiger partial charge on any atom is 0.251 e. The van der Waals surface area contributed by atoms with Gasteiger partial charge in [0.2, 0.25) is 5.91 Å². The summed E-state index contributed by atoms with van der Waals surface area (Å²) in [4.78, 5) is 23.3. The molecule has 0 radical (unpaired) electrons. The van der Waals surface area contributed by atoms with E-state index in [4.69, 9.17) is 4.74 Å². The summed E-state index contributed by atoms with van der Waals surface area (Å²) in [6.45, 7) is 2.18. The van der Waals surface area contributed by atoms with Crippen molar-refractivity contribution in [3.63, 3.8) is 0 Å². The van der Waals surface area contributed by atoms with Crippen molar-refractivity contribution in [3.05, 3.63) is 35.4 Å². The average molecular weight is 277 g/mol. The molecule has 2 amide bonds. The molecule has 1 saturated heterocycles. The highest BCUT2D eigenvalue weighted by Crippen LogP contribution is 2.04. The molecule has 20 heavy (non-hydrogen) atoms. The van der Waals surface area contributed by atoms with Crippen molar-refractivity contribution in [2.24, 2.45) is 0 Å². The Kier molecular flexibility index (Phi) is 5.09. The molecule has 1 aliphatic rings. The van der Waals surface area contributed by atoms with Crippen LogP contribution >= 0.6 is 0 Å². The molecule has 1 aliphatic heterocycles. The third-order valence-electron chi connectivity index (χ3n) is 3.15. The first-order chi connectivity index (χ1) is 9.70. The zero-order chi connectivity index (χ0) is 14.4. The van der Waals surface area contributed by atoms with Crippen LogP contribution in [0.5, 0.6) is 0 Å². The summed E-state index contributed by atoms with van der Waals surface area (Å²) in [5, 5.41) is 8.51. The molecule has 3 N–H and O–H groups in total. The molecule has 1 atom stereocenters. The second-order valence-electron chi connectivity index (χ2n) is 4.58. The van der Waals surface area contributed by atoms with Gasteiger partial charge in [-0.25, -0.2) is 0 Å². The molecule has 1 unspecified atom stereocenters. The van der Waals surface area contributed by atoms with E-state index in [9.17, 15) is 9.59 Å². The van der Waals surface area contributed by atoms with Gasteiger partial charge < -0.3 is 20.7 Å². The summed E-state index contributed by atoms with van der Waals surface area (Å²) in [7, 11) is 1.59. The van der Waals surface area contributed by atoms with Crippen molar-refractivity contribution in [3.8, 4) is 0 Å². The Morgan fingerprint density at radius 1 is 1.35 bits per heavy atom. The predicted octanol–water partition coefficient (Wildman–Crippen LogP) is -0.349. The van der Waals surface area contributed by atoms with Crippen molar-refractivity contribution in [2.75, 3.05) is 26.8 Å². The fourth-order valence-electron chi connectivity index (χ4n) is 1.96. The third kappa shape index (κ3) is 3.79. The van der Waals surface area contributed by atoms with Gasteiger partial charge in [-0.15, -0.1) is 0 Å². The summed E-state index contributed by atoms with van der Waals surface area (Å²) in [6.07, 6.45) is 0. The largest absolute Gasteiger partial charge is 0.378 e. The van der Waals surface area contributed by atoms with Gasteiger partial charge in [-0.1, -0.05) is 12.1 Å². The first kappa shape index (κ1) is 14.5. The lowest BCUT2D eigenvalue weighted by atomic mass is 10.1. The zero-order valence-corrected chi connectivity index (χ0v) is 11.4. The summed E-state index contributed by atoms with van der Waals surface area (Å²) in [5.74, 6) is -0.191. The molecule has 1 fully saturated rings. The Hall–Kier alpha value is -1.92. The van der Waals surface area contributed by atoms with Gasteiger partial charge in [-0.3, -0.25) is 9.59 Å². The first-order valence-electron chi connectivity index (χ1n) is 6.60. The average Bonchev–Trinajstić information content (AvgIpc) is 2.53. The van der Waals surface area contributed by atoms with Crippen LogP contribution in [0.4, 0.5) is 0 Å². The monoisotopic (exact) mass is 277 g/mol. The smallest absolute Gasteiger partial charge is 0.251 e. The lowest BCUT2D eigenvalue weighted by molar-refractivity contribution is -0.126. The van der Waals surface area contributed by atoms with E-state index in [2.05, 4.69) is 16.0 Å². The number of benzene rings is 1. The van der Waals surface area contributed by atoms with E-state index >= 15 is 0 Å². The summed E-state index contributed by atoms with van der Waals surface area (Å²) >= 11 is 0. The minimum absolute atomic E-state index is 0.0694. The molecule has 2 rings (SSSR count). The number of morpholine rings is 1. The van der Waals surface area contributed by atoms with Crippen LogP contribution in [0.25, 0.3) is 0 Å². The van der Waals surface area contributed by atoms with Gasteiger partial charge in [-0.05, 0) is 17.7 Å². The molecule has 0 spiro atoms. The highest BCUT2D eigenvalue weighted by molar-refractivity contribution is 5.93. The summed E-state index contributed by atoms with van der Waals surface area (Å²) in [5.41, 5.74) is 1.55. The molecule has 0 aromatic heterocycles. The second kappa shape index (κ2) is 7.02. The highest BCUT2D eigenvalue weighted by atomic mass is 16.5. The molecule has 0 bridgehead atoms. The van der Waals surface area contributed by atoms with Crippen molar-refractivity contribution >= 4 is 11.8 Å². The Morgan fingerprint density at radius 2 is 2.10 bits per heavy atom. The van der Waals surface area contributed by atoms with Crippen LogP contribution in [-0.4, -0.2) is 44.7 Å².